The number of halogens is 2. The van der Waals surface area contributed by atoms with Crippen LogP contribution in [0.3, 0.4) is 0 Å². The first-order chi connectivity index (χ1) is 10.1. The van der Waals surface area contributed by atoms with Crippen LogP contribution in [-0.4, -0.2) is 12.4 Å². The number of ether oxygens (including phenoxy) is 1. The average molecular weight is 305 g/mol. The van der Waals surface area contributed by atoms with Gasteiger partial charge in [-0.15, -0.1) is 0 Å². The lowest BCUT2D eigenvalue weighted by atomic mass is 10.0. The molecule has 0 amide bonds. The fourth-order valence-corrected chi connectivity index (χ4v) is 2.71. The van der Waals surface area contributed by atoms with Gasteiger partial charge in [-0.3, -0.25) is 4.79 Å². The minimum absolute atomic E-state index is 0.0162. The monoisotopic (exact) mass is 304 g/mol. The molecule has 0 bridgehead atoms. The highest BCUT2D eigenvalue weighted by atomic mass is 35.5. The molecule has 4 heteroatoms. The molecule has 0 spiro atoms. The van der Waals surface area contributed by atoms with Gasteiger partial charge in [-0.05, 0) is 48.6 Å². The van der Waals surface area contributed by atoms with Crippen LogP contribution in [0.15, 0.2) is 36.4 Å². The maximum absolute atomic E-state index is 13.0. The third-order valence-corrected chi connectivity index (χ3v) is 3.97. The van der Waals surface area contributed by atoms with Crippen molar-refractivity contribution in [3.63, 3.8) is 0 Å². The molecular formula is C17H14ClFO2. The van der Waals surface area contributed by atoms with Gasteiger partial charge in [-0.25, -0.2) is 4.39 Å². The van der Waals surface area contributed by atoms with Crippen LogP contribution >= 0.6 is 11.6 Å². The quantitative estimate of drug-likeness (QED) is 0.790. The molecule has 0 radical (unpaired) electrons. The van der Waals surface area contributed by atoms with E-state index in [9.17, 15) is 9.18 Å². The Labute approximate surface area is 127 Å². The lowest BCUT2D eigenvalue weighted by molar-refractivity contribution is 0.0921. The predicted octanol–water partition coefficient (Wildman–Crippen LogP) is 4.23. The SMILES string of the molecule is O=C(COc1ccc(F)c(Cl)c1)c1ccc2c(c1)CCC2. The fraction of sp³-hybridized carbons (Fsp3) is 0.235. The Morgan fingerprint density at radius 3 is 2.76 bits per heavy atom. The van der Waals surface area contributed by atoms with Crippen molar-refractivity contribution < 1.29 is 13.9 Å². The van der Waals surface area contributed by atoms with Crippen molar-refractivity contribution in [2.24, 2.45) is 0 Å². The number of carbonyl (C=O) groups excluding carboxylic acids is 1. The number of aryl methyl sites for hydroxylation is 2. The largest absolute Gasteiger partial charge is 0.485 e. The molecule has 0 aliphatic heterocycles. The highest BCUT2D eigenvalue weighted by Crippen LogP contribution is 2.24. The van der Waals surface area contributed by atoms with Crippen molar-refractivity contribution in [1.29, 1.82) is 0 Å². The Kier molecular flexibility index (Phi) is 3.93. The van der Waals surface area contributed by atoms with Crippen molar-refractivity contribution in [3.05, 3.63) is 63.9 Å². The summed E-state index contributed by atoms with van der Waals surface area (Å²) < 4.78 is 18.4. The van der Waals surface area contributed by atoms with Gasteiger partial charge in [-0.2, -0.15) is 0 Å². The fourth-order valence-electron chi connectivity index (χ4n) is 2.54. The summed E-state index contributed by atoms with van der Waals surface area (Å²) >= 11 is 5.67. The van der Waals surface area contributed by atoms with E-state index in [4.69, 9.17) is 16.3 Å². The van der Waals surface area contributed by atoms with Crippen LogP contribution in [0.2, 0.25) is 5.02 Å². The smallest absolute Gasteiger partial charge is 0.200 e. The van der Waals surface area contributed by atoms with Crippen LogP contribution in [0.25, 0.3) is 0 Å². The van der Waals surface area contributed by atoms with Gasteiger partial charge >= 0.3 is 0 Å². The molecule has 0 saturated carbocycles. The zero-order valence-electron chi connectivity index (χ0n) is 11.4. The number of hydrogen-bond acceptors (Lipinski definition) is 2. The lowest BCUT2D eigenvalue weighted by Crippen LogP contribution is -2.12. The number of hydrogen-bond donors (Lipinski definition) is 0. The van der Waals surface area contributed by atoms with Crippen molar-refractivity contribution >= 4 is 17.4 Å². The van der Waals surface area contributed by atoms with Crippen molar-refractivity contribution in [2.45, 2.75) is 19.3 Å². The van der Waals surface area contributed by atoms with Gasteiger partial charge in [0.05, 0.1) is 5.02 Å². The molecule has 1 aliphatic carbocycles. The molecule has 3 rings (SSSR count). The molecule has 2 aromatic rings. The molecule has 0 atom stereocenters. The first-order valence-electron chi connectivity index (χ1n) is 6.86. The van der Waals surface area contributed by atoms with Gasteiger partial charge in [0.1, 0.15) is 11.6 Å². The predicted molar refractivity (Wildman–Crippen MR) is 79.7 cm³/mol. The molecule has 108 valence electrons. The first kappa shape index (κ1) is 14.1. The number of fused-ring (bicyclic) bond motifs is 1. The van der Waals surface area contributed by atoms with E-state index in [2.05, 4.69) is 0 Å². The van der Waals surface area contributed by atoms with Crippen LogP contribution in [0.5, 0.6) is 5.75 Å². The number of Topliss-reactive ketones (excluding diaryl/α,β-unsaturated/α-hetero) is 1. The van der Waals surface area contributed by atoms with Gasteiger partial charge in [0.25, 0.3) is 0 Å². The zero-order chi connectivity index (χ0) is 14.8. The maximum atomic E-state index is 13.0. The summed E-state index contributed by atoms with van der Waals surface area (Å²) in [6.07, 6.45) is 3.27. The van der Waals surface area contributed by atoms with Gasteiger partial charge < -0.3 is 4.74 Å². The van der Waals surface area contributed by atoms with E-state index < -0.39 is 5.82 Å². The van der Waals surface area contributed by atoms with E-state index in [0.29, 0.717) is 11.3 Å². The summed E-state index contributed by atoms with van der Waals surface area (Å²) in [4.78, 5) is 12.1. The second kappa shape index (κ2) is 5.86. The highest BCUT2D eigenvalue weighted by Gasteiger charge is 2.14. The number of carbonyl (C=O) groups is 1. The summed E-state index contributed by atoms with van der Waals surface area (Å²) in [6.45, 7) is -0.0826. The summed E-state index contributed by atoms with van der Waals surface area (Å²) in [5, 5.41) is -0.0162. The molecule has 21 heavy (non-hydrogen) atoms. The molecule has 0 fully saturated rings. The molecule has 0 N–H and O–H groups in total. The van der Waals surface area contributed by atoms with E-state index in [1.807, 2.05) is 18.2 Å². The Morgan fingerprint density at radius 1 is 1.14 bits per heavy atom. The van der Waals surface area contributed by atoms with Crippen molar-refractivity contribution in [2.75, 3.05) is 6.61 Å². The number of benzene rings is 2. The highest BCUT2D eigenvalue weighted by molar-refractivity contribution is 6.30. The topological polar surface area (TPSA) is 26.3 Å². The van der Waals surface area contributed by atoms with E-state index in [1.54, 1.807) is 0 Å². The van der Waals surface area contributed by atoms with Gasteiger partial charge in [0, 0.05) is 11.6 Å². The maximum Gasteiger partial charge on any atom is 0.200 e. The van der Waals surface area contributed by atoms with Crippen molar-refractivity contribution in [1.82, 2.24) is 0 Å². The summed E-state index contributed by atoms with van der Waals surface area (Å²) in [7, 11) is 0. The average Bonchev–Trinajstić information content (AvgIpc) is 2.95. The van der Waals surface area contributed by atoms with Crippen LogP contribution in [0, 0.1) is 5.82 Å². The number of rotatable bonds is 4. The molecule has 0 unspecified atom stereocenters. The zero-order valence-corrected chi connectivity index (χ0v) is 12.1. The molecule has 0 aromatic heterocycles. The van der Waals surface area contributed by atoms with E-state index in [-0.39, 0.29) is 17.4 Å². The van der Waals surface area contributed by atoms with Gasteiger partial charge in [-0.1, -0.05) is 23.7 Å². The Hall–Kier alpha value is -1.87. The minimum atomic E-state index is -0.506. The van der Waals surface area contributed by atoms with Crippen LogP contribution in [0.4, 0.5) is 4.39 Å². The van der Waals surface area contributed by atoms with Crippen LogP contribution in [-0.2, 0) is 12.8 Å². The van der Waals surface area contributed by atoms with Gasteiger partial charge in [0.2, 0.25) is 0 Å². The summed E-state index contributed by atoms with van der Waals surface area (Å²) in [5.74, 6) is -0.213. The summed E-state index contributed by atoms with van der Waals surface area (Å²) in [6, 6.07) is 9.85. The first-order valence-corrected chi connectivity index (χ1v) is 7.24. The standard InChI is InChI=1S/C17H14ClFO2/c18-15-9-14(6-7-16(15)19)21-10-17(20)13-5-4-11-2-1-3-12(11)8-13/h4-9H,1-3,10H2. The number of ketones is 1. The third kappa shape index (κ3) is 3.08. The molecule has 2 nitrogen and oxygen atoms in total. The lowest BCUT2D eigenvalue weighted by Gasteiger charge is -2.07. The van der Waals surface area contributed by atoms with Crippen molar-refractivity contribution in [3.8, 4) is 5.75 Å². The molecule has 0 heterocycles. The van der Waals surface area contributed by atoms with E-state index in [1.165, 1.54) is 29.3 Å². The van der Waals surface area contributed by atoms with E-state index >= 15 is 0 Å². The Balaban J connectivity index is 1.67. The molecule has 1 aliphatic rings. The normalized spacial score (nSPS) is 13.0. The minimum Gasteiger partial charge on any atom is -0.485 e. The van der Waals surface area contributed by atoms with E-state index in [0.717, 1.165) is 19.3 Å². The van der Waals surface area contributed by atoms with Crippen LogP contribution in [0.1, 0.15) is 27.9 Å². The summed E-state index contributed by atoms with van der Waals surface area (Å²) in [5.41, 5.74) is 3.24. The second-order valence-electron chi connectivity index (χ2n) is 5.12. The second-order valence-corrected chi connectivity index (χ2v) is 5.53. The molecule has 2 aromatic carbocycles. The Morgan fingerprint density at radius 2 is 1.95 bits per heavy atom. The third-order valence-electron chi connectivity index (χ3n) is 3.68. The van der Waals surface area contributed by atoms with Gasteiger partial charge in [0.15, 0.2) is 12.4 Å². The molecule has 0 saturated heterocycles. The molecular weight excluding hydrogens is 291 g/mol. The van der Waals surface area contributed by atoms with Crippen LogP contribution < -0.4 is 4.74 Å². The Bertz CT molecular complexity index is 697.